The lowest BCUT2D eigenvalue weighted by Gasteiger charge is -2.34. The van der Waals surface area contributed by atoms with Crippen molar-refractivity contribution in [2.75, 3.05) is 26.3 Å². The van der Waals surface area contributed by atoms with Crippen molar-refractivity contribution < 1.29 is 4.74 Å². The predicted octanol–water partition coefficient (Wildman–Crippen LogP) is 3.86. The van der Waals surface area contributed by atoms with E-state index in [1.54, 1.807) is 0 Å². The Hall–Kier alpha value is -0.0800. The van der Waals surface area contributed by atoms with Gasteiger partial charge in [0.15, 0.2) is 0 Å². The highest BCUT2D eigenvalue weighted by Gasteiger charge is 2.27. The highest BCUT2D eigenvalue weighted by molar-refractivity contribution is 4.80. The van der Waals surface area contributed by atoms with E-state index in [-0.39, 0.29) is 0 Å². The van der Waals surface area contributed by atoms with Crippen molar-refractivity contribution in [3.63, 3.8) is 0 Å². The van der Waals surface area contributed by atoms with Gasteiger partial charge in [-0.05, 0) is 37.1 Å². The van der Waals surface area contributed by atoms with Crippen LogP contribution in [0.5, 0.6) is 0 Å². The van der Waals surface area contributed by atoms with Crippen LogP contribution in [0, 0.1) is 11.3 Å². The van der Waals surface area contributed by atoms with Crippen molar-refractivity contribution >= 4 is 0 Å². The molecule has 0 amide bonds. The summed E-state index contributed by atoms with van der Waals surface area (Å²) in [6.45, 7) is 15.5. The standard InChI is InChI=1S/C15H33NO/c1-6-8-11-17-12-9-15(5,14(3)4)13-16-10-7-2/h14,16H,6-13H2,1-5H3. The van der Waals surface area contributed by atoms with E-state index in [4.69, 9.17) is 4.74 Å². The van der Waals surface area contributed by atoms with Gasteiger partial charge in [-0.25, -0.2) is 0 Å². The Labute approximate surface area is 109 Å². The number of ether oxygens (including phenoxy) is 1. The van der Waals surface area contributed by atoms with Crippen LogP contribution in [0.25, 0.3) is 0 Å². The van der Waals surface area contributed by atoms with Crippen molar-refractivity contribution in [3.8, 4) is 0 Å². The molecule has 0 heterocycles. The molecule has 0 radical (unpaired) electrons. The lowest BCUT2D eigenvalue weighted by molar-refractivity contribution is 0.0776. The van der Waals surface area contributed by atoms with Crippen LogP contribution in [0.2, 0.25) is 0 Å². The van der Waals surface area contributed by atoms with E-state index in [9.17, 15) is 0 Å². The molecule has 0 saturated carbocycles. The maximum Gasteiger partial charge on any atom is 0.0471 e. The summed E-state index contributed by atoms with van der Waals surface area (Å²) in [6, 6.07) is 0. The normalized spacial score (nSPS) is 15.2. The molecule has 0 fully saturated rings. The lowest BCUT2D eigenvalue weighted by atomic mass is 9.76. The van der Waals surface area contributed by atoms with Crippen LogP contribution >= 0.6 is 0 Å². The molecule has 2 nitrogen and oxygen atoms in total. The van der Waals surface area contributed by atoms with Crippen molar-refractivity contribution in [1.29, 1.82) is 0 Å². The fraction of sp³-hybridized carbons (Fsp3) is 1.00. The molecule has 0 aromatic rings. The topological polar surface area (TPSA) is 21.3 Å². The van der Waals surface area contributed by atoms with E-state index >= 15 is 0 Å². The Kier molecular flexibility index (Phi) is 9.85. The Bertz CT molecular complexity index is 170. The van der Waals surface area contributed by atoms with Crippen molar-refractivity contribution in [2.24, 2.45) is 11.3 Å². The Balaban J connectivity index is 3.86. The van der Waals surface area contributed by atoms with E-state index in [2.05, 4.69) is 39.9 Å². The molecule has 1 atom stereocenters. The summed E-state index contributed by atoms with van der Waals surface area (Å²) >= 11 is 0. The molecular weight excluding hydrogens is 210 g/mol. The van der Waals surface area contributed by atoms with Crippen LogP contribution < -0.4 is 5.32 Å². The van der Waals surface area contributed by atoms with Gasteiger partial charge in [-0.15, -0.1) is 0 Å². The number of hydrogen-bond donors (Lipinski definition) is 1. The fourth-order valence-corrected chi connectivity index (χ4v) is 1.79. The molecule has 0 aliphatic rings. The fourth-order valence-electron chi connectivity index (χ4n) is 1.79. The zero-order valence-corrected chi connectivity index (χ0v) is 12.6. The number of rotatable bonds is 11. The van der Waals surface area contributed by atoms with Gasteiger partial charge in [-0.2, -0.15) is 0 Å². The summed E-state index contributed by atoms with van der Waals surface area (Å²) in [6.07, 6.45) is 4.78. The number of unbranched alkanes of at least 4 members (excludes halogenated alkanes) is 1. The van der Waals surface area contributed by atoms with Gasteiger partial charge in [0.1, 0.15) is 0 Å². The summed E-state index contributed by atoms with van der Waals surface area (Å²) in [7, 11) is 0. The summed E-state index contributed by atoms with van der Waals surface area (Å²) < 4.78 is 5.70. The average Bonchev–Trinajstić information content (AvgIpc) is 2.29. The zero-order valence-electron chi connectivity index (χ0n) is 12.6. The Morgan fingerprint density at radius 3 is 2.35 bits per heavy atom. The summed E-state index contributed by atoms with van der Waals surface area (Å²) in [5, 5.41) is 3.55. The summed E-state index contributed by atoms with van der Waals surface area (Å²) in [5.41, 5.74) is 0.362. The van der Waals surface area contributed by atoms with E-state index in [1.165, 1.54) is 19.3 Å². The zero-order chi connectivity index (χ0) is 13.1. The second-order valence-electron chi connectivity index (χ2n) is 5.70. The molecule has 1 N–H and O–H groups in total. The first kappa shape index (κ1) is 16.9. The molecule has 0 aromatic heterocycles. The van der Waals surface area contributed by atoms with Gasteiger partial charge in [-0.3, -0.25) is 0 Å². The Morgan fingerprint density at radius 2 is 1.82 bits per heavy atom. The molecule has 1 unspecified atom stereocenters. The van der Waals surface area contributed by atoms with Gasteiger partial charge in [0.25, 0.3) is 0 Å². The molecule has 104 valence electrons. The molecular formula is C15H33NO. The Morgan fingerprint density at radius 1 is 1.12 bits per heavy atom. The quantitative estimate of drug-likeness (QED) is 0.556. The van der Waals surface area contributed by atoms with Gasteiger partial charge in [0, 0.05) is 19.8 Å². The van der Waals surface area contributed by atoms with Crippen LogP contribution in [0.4, 0.5) is 0 Å². The van der Waals surface area contributed by atoms with E-state index in [1.807, 2.05) is 0 Å². The van der Waals surface area contributed by atoms with Crippen molar-refractivity contribution in [3.05, 3.63) is 0 Å². The molecule has 0 aliphatic carbocycles. The molecule has 0 aromatic carbocycles. The van der Waals surface area contributed by atoms with Crippen LogP contribution in [-0.2, 0) is 4.74 Å². The lowest BCUT2D eigenvalue weighted by Crippen LogP contribution is -2.37. The monoisotopic (exact) mass is 243 g/mol. The van der Waals surface area contributed by atoms with Crippen molar-refractivity contribution in [1.82, 2.24) is 5.32 Å². The van der Waals surface area contributed by atoms with Crippen LogP contribution in [0.1, 0.15) is 60.3 Å². The van der Waals surface area contributed by atoms with Gasteiger partial charge in [0.2, 0.25) is 0 Å². The highest BCUT2D eigenvalue weighted by atomic mass is 16.5. The third-order valence-electron chi connectivity index (χ3n) is 3.81. The number of hydrogen-bond acceptors (Lipinski definition) is 2. The summed E-state index contributed by atoms with van der Waals surface area (Å²) in [5.74, 6) is 0.696. The van der Waals surface area contributed by atoms with Gasteiger partial charge in [0.05, 0.1) is 0 Å². The first-order chi connectivity index (χ1) is 8.06. The molecule has 0 aliphatic heterocycles. The van der Waals surface area contributed by atoms with Crippen LogP contribution in [-0.4, -0.2) is 26.3 Å². The minimum Gasteiger partial charge on any atom is -0.381 e. The first-order valence-electron chi connectivity index (χ1n) is 7.35. The predicted molar refractivity (Wildman–Crippen MR) is 76.4 cm³/mol. The van der Waals surface area contributed by atoms with Crippen LogP contribution in [0.15, 0.2) is 0 Å². The molecule has 2 heteroatoms. The third kappa shape index (κ3) is 7.77. The molecule has 0 spiro atoms. The van der Waals surface area contributed by atoms with Crippen molar-refractivity contribution in [2.45, 2.75) is 60.3 Å². The minimum absolute atomic E-state index is 0.362. The average molecular weight is 243 g/mol. The molecule has 0 saturated heterocycles. The van der Waals surface area contributed by atoms with E-state index in [0.29, 0.717) is 11.3 Å². The highest BCUT2D eigenvalue weighted by Crippen LogP contribution is 2.30. The largest absolute Gasteiger partial charge is 0.381 e. The summed E-state index contributed by atoms with van der Waals surface area (Å²) in [4.78, 5) is 0. The van der Waals surface area contributed by atoms with Crippen LogP contribution in [0.3, 0.4) is 0 Å². The van der Waals surface area contributed by atoms with E-state index < -0.39 is 0 Å². The molecule has 0 rings (SSSR count). The van der Waals surface area contributed by atoms with Gasteiger partial charge >= 0.3 is 0 Å². The smallest absolute Gasteiger partial charge is 0.0471 e. The minimum atomic E-state index is 0.362. The van der Waals surface area contributed by atoms with Gasteiger partial charge in [-0.1, -0.05) is 41.0 Å². The molecule has 17 heavy (non-hydrogen) atoms. The maximum absolute atomic E-state index is 5.70. The van der Waals surface area contributed by atoms with E-state index in [0.717, 1.165) is 32.7 Å². The second-order valence-corrected chi connectivity index (χ2v) is 5.70. The first-order valence-corrected chi connectivity index (χ1v) is 7.35. The number of nitrogens with one attached hydrogen (secondary N) is 1. The second kappa shape index (κ2) is 9.90. The third-order valence-corrected chi connectivity index (χ3v) is 3.81. The SMILES string of the molecule is CCCCOCCC(C)(CNCCC)C(C)C. The maximum atomic E-state index is 5.70. The molecule has 0 bridgehead atoms. The van der Waals surface area contributed by atoms with Gasteiger partial charge < -0.3 is 10.1 Å².